The lowest BCUT2D eigenvalue weighted by atomic mass is 9.91. The van der Waals surface area contributed by atoms with Crippen LogP contribution in [0.1, 0.15) is 65.9 Å². The van der Waals surface area contributed by atoms with Gasteiger partial charge in [0.2, 0.25) is 0 Å². The minimum absolute atomic E-state index is 0.0243. The number of carbonyl (C=O) groups is 1. The van der Waals surface area contributed by atoms with Crippen LogP contribution < -0.4 is 0 Å². The lowest BCUT2D eigenvalue weighted by Crippen LogP contribution is -2.27. The molecular weight excluding hydrogens is 364 g/mol. The maximum absolute atomic E-state index is 12.4. The first-order chi connectivity index (χ1) is 12.4. The lowest BCUT2D eigenvalue weighted by Gasteiger charge is -2.23. The topological polar surface area (TPSA) is 69.7 Å². The third-order valence-electron chi connectivity index (χ3n) is 4.16. The maximum Gasteiger partial charge on any atom is 0.306 e. The van der Waals surface area contributed by atoms with Crippen LogP contribution in [0.4, 0.5) is 0 Å². The molecule has 0 bridgehead atoms. The third kappa shape index (κ3) is 9.38. The molecule has 5 nitrogen and oxygen atoms in total. The molecule has 1 aromatic carbocycles. The quantitative estimate of drug-likeness (QED) is 0.415. The van der Waals surface area contributed by atoms with Crippen LogP contribution in [0.25, 0.3) is 0 Å². The van der Waals surface area contributed by atoms with Gasteiger partial charge in [0.15, 0.2) is 0 Å². The van der Waals surface area contributed by atoms with Gasteiger partial charge in [-0.3, -0.25) is 8.98 Å². The number of carbonyl (C=O) groups excluding carboxylic acids is 1. The van der Waals surface area contributed by atoms with Crippen LogP contribution >= 0.6 is 0 Å². The van der Waals surface area contributed by atoms with Crippen molar-refractivity contribution in [3.63, 3.8) is 0 Å². The normalized spacial score (nSPS) is 14.6. The standard InChI is InChI=1S/C21H34O5S/c1-7-8-17(3)13-18(14-20(22)26-21(4,5)6)15-25-27(23,24)19-11-9-16(2)10-12-19/h9-12,17-18H,7-8,13-15H2,1-6H3/t17-,18-/m0/s1. The van der Waals surface area contributed by atoms with E-state index in [0.29, 0.717) is 5.92 Å². The molecule has 0 unspecified atom stereocenters. The molecule has 0 aromatic heterocycles. The largest absolute Gasteiger partial charge is 0.460 e. The van der Waals surface area contributed by atoms with Crippen LogP contribution in [0.5, 0.6) is 0 Å². The van der Waals surface area contributed by atoms with Crippen LogP contribution in [0.15, 0.2) is 29.2 Å². The Morgan fingerprint density at radius 3 is 2.26 bits per heavy atom. The van der Waals surface area contributed by atoms with Gasteiger partial charge in [0.1, 0.15) is 5.60 Å². The molecule has 0 aliphatic carbocycles. The number of esters is 1. The summed E-state index contributed by atoms with van der Waals surface area (Å²) >= 11 is 0. The molecule has 0 amide bonds. The van der Waals surface area contributed by atoms with Crippen molar-refractivity contribution in [2.75, 3.05) is 6.61 Å². The summed E-state index contributed by atoms with van der Waals surface area (Å²) in [5, 5.41) is 0. The minimum Gasteiger partial charge on any atom is -0.460 e. The Balaban J connectivity index is 2.80. The van der Waals surface area contributed by atoms with Gasteiger partial charge in [0.25, 0.3) is 10.1 Å². The second kappa shape index (κ2) is 10.2. The minimum atomic E-state index is -3.84. The molecule has 0 spiro atoms. The molecule has 0 heterocycles. The van der Waals surface area contributed by atoms with Gasteiger partial charge >= 0.3 is 5.97 Å². The predicted molar refractivity (Wildman–Crippen MR) is 107 cm³/mol. The van der Waals surface area contributed by atoms with E-state index in [4.69, 9.17) is 8.92 Å². The molecule has 0 aliphatic heterocycles. The van der Waals surface area contributed by atoms with Gasteiger partial charge in [0, 0.05) is 0 Å². The van der Waals surface area contributed by atoms with E-state index in [0.717, 1.165) is 24.8 Å². The molecule has 0 radical (unpaired) electrons. The van der Waals surface area contributed by atoms with Gasteiger partial charge in [-0.2, -0.15) is 8.42 Å². The van der Waals surface area contributed by atoms with E-state index in [1.165, 1.54) is 12.1 Å². The average Bonchev–Trinajstić information content (AvgIpc) is 2.51. The molecule has 6 heteroatoms. The molecule has 0 saturated carbocycles. The smallest absolute Gasteiger partial charge is 0.306 e. The fourth-order valence-electron chi connectivity index (χ4n) is 2.97. The van der Waals surface area contributed by atoms with Gasteiger partial charge in [-0.05, 0) is 58.1 Å². The molecular formula is C21H34O5S. The Bertz CT molecular complexity index is 686. The van der Waals surface area contributed by atoms with Crippen LogP contribution in [-0.4, -0.2) is 26.6 Å². The Hall–Kier alpha value is -1.40. The first-order valence-corrected chi connectivity index (χ1v) is 11.0. The van der Waals surface area contributed by atoms with Gasteiger partial charge < -0.3 is 4.74 Å². The number of benzene rings is 1. The summed E-state index contributed by atoms with van der Waals surface area (Å²) in [6.07, 6.45) is 2.93. The van der Waals surface area contributed by atoms with Crippen molar-refractivity contribution in [3.8, 4) is 0 Å². The zero-order valence-electron chi connectivity index (χ0n) is 17.4. The van der Waals surface area contributed by atoms with Crippen LogP contribution in [0.2, 0.25) is 0 Å². The van der Waals surface area contributed by atoms with Crippen LogP contribution in [0, 0.1) is 18.8 Å². The number of hydrogen-bond donors (Lipinski definition) is 0. The number of hydrogen-bond acceptors (Lipinski definition) is 5. The van der Waals surface area contributed by atoms with E-state index in [2.05, 4.69) is 13.8 Å². The molecule has 0 N–H and O–H groups in total. The third-order valence-corrected chi connectivity index (χ3v) is 5.46. The first kappa shape index (κ1) is 23.6. The Kier molecular flexibility index (Phi) is 8.95. The fourth-order valence-corrected chi connectivity index (χ4v) is 3.94. The van der Waals surface area contributed by atoms with Crippen LogP contribution in [-0.2, 0) is 23.8 Å². The highest BCUT2D eigenvalue weighted by molar-refractivity contribution is 7.86. The van der Waals surface area contributed by atoms with Crippen molar-refractivity contribution in [1.82, 2.24) is 0 Å². The summed E-state index contributed by atoms with van der Waals surface area (Å²) in [6, 6.07) is 6.54. The van der Waals surface area contributed by atoms with E-state index >= 15 is 0 Å². The highest BCUT2D eigenvalue weighted by Crippen LogP contribution is 2.24. The average molecular weight is 399 g/mol. The summed E-state index contributed by atoms with van der Waals surface area (Å²) in [7, 11) is -3.84. The molecule has 0 fully saturated rings. The molecule has 1 rings (SSSR count). The maximum atomic E-state index is 12.4. The summed E-state index contributed by atoms with van der Waals surface area (Å²) < 4.78 is 35.6. The first-order valence-electron chi connectivity index (χ1n) is 9.61. The highest BCUT2D eigenvalue weighted by atomic mass is 32.2. The summed E-state index contributed by atoms with van der Waals surface area (Å²) in [5.41, 5.74) is 0.413. The van der Waals surface area contributed by atoms with Gasteiger partial charge in [-0.1, -0.05) is 44.4 Å². The zero-order chi connectivity index (χ0) is 20.7. The van der Waals surface area contributed by atoms with Crippen molar-refractivity contribution < 1.29 is 22.1 Å². The van der Waals surface area contributed by atoms with Crippen molar-refractivity contribution in [3.05, 3.63) is 29.8 Å². The van der Waals surface area contributed by atoms with Gasteiger partial charge in [-0.25, -0.2) is 0 Å². The predicted octanol–water partition coefficient (Wildman–Crippen LogP) is 4.87. The second-order valence-corrected chi connectivity index (χ2v) is 9.95. The van der Waals surface area contributed by atoms with Crippen molar-refractivity contribution in [2.24, 2.45) is 11.8 Å². The number of ether oxygens (including phenoxy) is 1. The van der Waals surface area contributed by atoms with E-state index in [1.807, 2.05) is 27.7 Å². The number of aryl methyl sites for hydroxylation is 1. The van der Waals surface area contributed by atoms with E-state index in [9.17, 15) is 13.2 Å². The number of rotatable bonds is 10. The summed E-state index contributed by atoms with van der Waals surface area (Å²) in [5.74, 6) is -0.151. The van der Waals surface area contributed by atoms with E-state index < -0.39 is 15.7 Å². The molecule has 27 heavy (non-hydrogen) atoms. The van der Waals surface area contributed by atoms with Crippen LogP contribution in [0.3, 0.4) is 0 Å². The van der Waals surface area contributed by atoms with E-state index in [1.54, 1.807) is 12.1 Å². The monoisotopic (exact) mass is 398 g/mol. The van der Waals surface area contributed by atoms with E-state index in [-0.39, 0.29) is 29.8 Å². The highest BCUT2D eigenvalue weighted by Gasteiger charge is 2.25. The summed E-state index contributed by atoms with van der Waals surface area (Å²) in [4.78, 5) is 12.3. The summed E-state index contributed by atoms with van der Waals surface area (Å²) in [6.45, 7) is 11.5. The van der Waals surface area contributed by atoms with Gasteiger partial charge in [0.05, 0.1) is 17.9 Å². The van der Waals surface area contributed by atoms with Crippen molar-refractivity contribution in [1.29, 1.82) is 0 Å². The SMILES string of the molecule is CCC[C@H](C)C[C@H](COS(=O)(=O)c1ccc(C)cc1)CC(=O)OC(C)(C)C. The lowest BCUT2D eigenvalue weighted by molar-refractivity contribution is -0.156. The zero-order valence-corrected chi connectivity index (χ0v) is 18.3. The Morgan fingerprint density at radius 2 is 1.74 bits per heavy atom. The fraction of sp³-hybridized carbons (Fsp3) is 0.667. The van der Waals surface area contributed by atoms with Crippen molar-refractivity contribution >= 4 is 16.1 Å². The Labute approximate surface area is 164 Å². The second-order valence-electron chi connectivity index (χ2n) is 8.34. The van der Waals surface area contributed by atoms with Crippen molar-refractivity contribution in [2.45, 2.75) is 77.7 Å². The Morgan fingerprint density at radius 1 is 1.15 bits per heavy atom. The molecule has 1 aromatic rings. The molecule has 2 atom stereocenters. The molecule has 0 aliphatic rings. The van der Waals surface area contributed by atoms with Gasteiger partial charge in [-0.15, -0.1) is 0 Å². The molecule has 154 valence electrons. The molecule has 0 saturated heterocycles.